The number of aliphatic hydroxyl groups is 2. The Balaban J connectivity index is 2.88. The van der Waals surface area contributed by atoms with Gasteiger partial charge in [-0.05, 0) is 12.2 Å². The summed E-state index contributed by atoms with van der Waals surface area (Å²) < 4.78 is 0. The number of rotatable bonds is 0. The first kappa shape index (κ1) is 7.92. The molecule has 1 aliphatic rings. The molecule has 2 N–H and O–H groups in total. The van der Waals surface area contributed by atoms with Gasteiger partial charge >= 0.3 is 0 Å². The zero-order valence-electron chi connectivity index (χ0n) is 5.01. The van der Waals surface area contributed by atoms with Crippen LogP contribution in [0, 0.1) is 0 Å². The van der Waals surface area contributed by atoms with Crippen LogP contribution in [0.25, 0.3) is 0 Å². The van der Waals surface area contributed by atoms with Crippen molar-refractivity contribution >= 4 is 23.2 Å². The molecule has 1 unspecified atom stereocenters. The SMILES string of the molecule is OC1=CCC(O)(Cl)C(Cl)=C1. The predicted molar refractivity (Wildman–Crippen MR) is 40.1 cm³/mol. The molecule has 0 radical (unpaired) electrons. The molecule has 0 saturated carbocycles. The second-order valence-corrected chi connectivity index (χ2v) is 3.12. The molecule has 0 aliphatic heterocycles. The summed E-state index contributed by atoms with van der Waals surface area (Å²) in [4.78, 5) is 0. The van der Waals surface area contributed by atoms with Gasteiger partial charge in [-0.15, -0.1) is 0 Å². The van der Waals surface area contributed by atoms with Gasteiger partial charge in [0.25, 0.3) is 0 Å². The van der Waals surface area contributed by atoms with Crippen molar-refractivity contribution in [3.05, 3.63) is 22.9 Å². The molecule has 0 heterocycles. The Labute approximate surface area is 68.4 Å². The van der Waals surface area contributed by atoms with Crippen LogP contribution in [0.5, 0.6) is 0 Å². The highest BCUT2D eigenvalue weighted by atomic mass is 35.5. The standard InChI is InChI=1S/C6H6Cl2O2/c7-5-3-4(9)1-2-6(5,8)10/h1,3,9-10H,2H2. The Kier molecular flexibility index (Phi) is 1.95. The molecule has 1 aliphatic carbocycles. The lowest BCUT2D eigenvalue weighted by Gasteiger charge is -2.20. The van der Waals surface area contributed by atoms with Gasteiger partial charge in [0, 0.05) is 6.42 Å². The molecule has 0 aromatic rings. The molecule has 0 aromatic carbocycles. The predicted octanol–water partition coefficient (Wildman–Crippen LogP) is 1.88. The molecule has 2 nitrogen and oxygen atoms in total. The monoisotopic (exact) mass is 180 g/mol. The molecule has 0 spiro atoms. The summed E-state index contributed by atoms with van der Waals surface area (Å²) in [5.41, 5.74) is 0. The van der Waals surface area contributed by atoms with Crippen LogP contribution in [0.3, 0.4) is 0 Å². The molecule has 10 heavy (non-hydrogen) atoms. The number of allylic oxidation sites excluding steroid dienone is 1. The van der Waals surface area contributed by atoms with Gasteiger partial charge in [0.15, 0.2) is 5.06 Å². The number of alkyl halides is 1. The van der Waals surface area contributed by atoms with Crippen LogP contribution in [0.1, 0.15) is 6.42 Å². The second kappa shape index (κ2) is 2.46. The normalized spacial score (nSPS) is 33.1. The van der Waals surface area contributed by atoms with Crippen LogP contribution < -0.4 is 0 Å². The summed E-state index contributed by atoms with van der Waals surface area (Å²) in [6, 6.07) is 0. The molecule has 0 fully saturated rings. The number of hydrogen-bond donors (Lipinski definition) is 2. The number of hydrogen-bond acceptors (Lipinski definition) is 2. The first-order valence-corrected chi connectivity index (χ1v) is 3.46. The third-order valence-electron chi connectivity index (χ3n) is 1.22. The highest BCUT2D eigenvalue weighted by Gasteiger charge is 2.29. The topological polar surface area (TPSA) is 40.5 Å². The van der Waals surface area contributed by atoms with E-state index in [1.54, 1.807) is 0 Å². The van der Waals surface area contributed by atoms with Crippen molar-refractivity contribution < 1.29 is 10.2 Å². The van der Waals surface area contributed by atoms with Gasteiger partial charge in [-0.1, -0.05) is 23.2 Å². The van der Waals surface area contributed by atoms with Crippen LogP contribution >= 0.6 is 23.2 Å². The maximum absolute atomic E-state index is 9.17. The number of aliphatic hydroxyl groups excluding tert-OH is 1. The number of halogens is 2. The molecule has 0 saturated heterocycles. The molecule has 56 valence electrons. The van der Waals surface area contributed by atoms with E-state index in [0.717, 1.165) is 0 Å². The fourth-order valence-electron chi connectivity index (χ4n) is 0.637. The van der Waals surface area contributed by atoms with Crippen molar-refractivity contribution in [3.63, 3.8) is 0 Å². The maximum atomic E-state index is 9.17. The van der Waals surface area contributed by atoms with Crippen LogP contribution in [-0.4, -0.2) is 15.3 Å². The van der Waals surface area contributed by atoms with E-state index in [0.29, 0.717) is 0 Å². The lowest BCUT2D eigenvalue weighted by atomic mass is 10.1. The molecular formula is C6H6Cl2O2. The van der Waals surface area contributed by atoms with Crippen LogP contribution in [0.15, 0.2) is 22.9 Å². The molecule has 0 bridgehead atoms. The summed E-state index contributed by atoms with van der Waals surface area (Å²) >= 11 is 11.0. The molecule has 4 heteroatoms. The highest BCUT2D eigenvalue weighted by Crippen LogP contribution is 2.33. The van der Waals surface area contributed by atoms with Crippen molar-refractivity contribution in [3.8, 4) is 0 Å². The van der Waals surface area contributed by atoms with Gasteiger partial charge in [0.05, 0.1) is 5.03 Å². The van der Waals surface area contributed by atoms with Crippen molar-refractivity contribution in [1.29, 1.82) is 0 Å². The average molecular weight is 181 g/mol. The average Bonchev–Trinajstić information content (AvgIpc) is 1.81. The molecule has 1 atom stereocenters. The van der Waals surface area contributed by atoms with Crippen molar-refractivity contribution in [1.82, 2.24) is 0 Å². The Morgan fingerprint density at radius 1 is 1.60 bits per heavy atom. The third-order valence-corrected chi connectivity index (χ3v) is 2.10. The zero-order valence-corrected chi connectivity index (χ0v) is 6.52. The summed E-state index contributed by atoms with van der Waals surface area (Å²) in [6.07, 6.45) is 2.76. The van der Waals surface area contributed by atoms with E-state index < -0.39 is 5.06 Å². The highest BCUT2D eigenvalue weighted by molar-refractivity contribution is 6.39. The van der Waals surface area contributed by atoms with Crippen molar-refractivity contribution in [2.75, 3.05) is 0 Å². The lowest BCUT2D eigenvalue weighted by molar-refractivity contribution is 0.173. The second-order valence-electron chi connectivity index (χ2n) is 2.08. The van der Waals surface area contributed by atoms with Gasteiger partial charge in [0.2, 0.25) is 0 Å². The van der Waals surface area contributed by atoms with E-state index in [1.807, 2.05) is 0 Å². The Bertz CT molecular complexity index is 206. The third kappa shape index (κ3) is 1.45. The molecule has 0 amide bonds. The van der Waals surface area contributed by atoms with Crippen LogP contribution in [0.4, 0.5) is 0 Å². The zero-order chi connectivity index (χ0) is 7.78. The minimum Gasteiger partial charge on any atom is -0.508 e. The van der Waals surface area contributed by atoms with E-state index in [-0.39, 0.29) is 17.2 Å². The van der Waals surface area contributed by atoms with E-state index >= 15 is 0 Å². The van der Waals surface area contributed by atoms with Gasteiger partial charge < -0.3 is 10.2 Å². The lowest BCUT2D eigenvalue weighted by Crippen LogP contribution is -2.22. The summed E-state index contributed by atoms with van der Waals surface area (Å²) in [5.74, 6) is 0.0373. The summed E-state index contributed by atoms with van der Waals surface area (Å²) in [7, 11) is 0. The molecule has 0 aromatic heterocycles. The fraction of sp³-hybridized carbons (Fsp3) is 0.333. The van der Waals surface area contributed by atoms with Crippen LogP contribution in [0.2, 0.25) is 0 Å². The van der Waals surface area contributed by atoms with Gasteiger partial charge in [-0.2, -0.15) is 0 Å². The molecule has 1 rings (SSSR count). The minimum atomic E-state index is -1.52. The Morgan fingerprint density at radius 2 is 2.20 bits per heavy atom. The maximum Gasteiger partial charge on any atom is 0.178 e. The Hall–Kier alpha value is -0.180. The summed E-state index contributed by atoms with van der Waals surface area (Å²) in [5, 5.41) is 16.5. The largest absolute Gasteiger partial charge is 0.508 e. The Morgan fingerprint density at radius 3 is 2.60 bits per heavy atom. The quantitative estimate of drug-likeness (QED) is 0.560. The van der Waals surface area contributed by atoms with Crippen molar-refractivity contribution in [2.24, 2.45) is 0 Å². The first-order chi connectivity index (χ1) is 4.52. The first-order valence-electron chi connectivity index (χ1n) is 2.70. The van der Waals surface area contributed by atoms with Crippen LogP contribution in [-0.2, 0) is 0 Å². The van der Waals surface area contributed by atoms with Gasteiger partial charge in [0.1, 0.15) is 5.76 Å². The van der Waals surface area contributed by atoms with Crippen molar-refractivity contribution in [2.45, 2.75) is 11.5 Å². The smallest absolute Gasteiger partial charge is 0.178 e. The minimum absolute atomic E-state index is 0.0373. The summed E-state index contributed by atoms with van der Waals surface area (Å²) in [6.45, 7) is 0. The van der Waals surface area contributed by atoms with Gasteiger partial charge in [-0.3, -0.25) is 0 Å². The van der Waals surface area contributed by atoms with E-state index in [9.17, 15) is 5.11 Å². The van der Waals surface area contributed by atoms with E-state index in [1.165, 1.54) is 12.2 Å². The molecular weight excluding hydrogens is 175 g/mol. The van der Waals surface area contributed by atoms with Gasteiger partial charge in [-0.25, -0.2) is 0 Å². The van der Waals surface area contributed by atoms with E-state index in [4.69, 9.17) is 28.3 Å². The van der Waals surface area contributed by atoms with E-state index in [2.05, 4.69) is 0 Å². The fourth-order valence-corrected chi connectivity index (χ4v) is 0.957.